The normalized spacial score (nSPS) is 15.1. The van der Waals surface area contributed by atoms with Gasteiger partial charge in [0.1, 0.15) is 17.7 Å². The summed E-state index contributed by atoms with van der Waals surface area (Å²) < 4.78 is 5.39. The SMILES string of the molecule is CCCC(N)C(O)C(=O)N[C@@H](Cc1ccccc1)C(=O)OC(C)(C)C. The molecule has 0 saturated heterocycles. The first kappa shape index (κ1) is 21.1. The van der Waals surface area contributed by atoms with E-state index in [4.69, 9.17) is 10.5 Å². The number of rotatable bonds is 8. The topological polar surface area (TPSA) is 102 Å². The van der Waals surface area contributed by atoms with Gasteiger partial charge >= 0.3 is 5.97 Å². The van der Waals surface area contributed by atoms with Crippen LogP contribution in [-0.2, 0) is 20.7 Å². The van der Waals surface area contributed by atoms with Gasteiger partial charge in [-0.15, -0.1) is 0 Å². The molecule has 0 aliphatic heterocycles. The number of aliphatic hydroxyl groups is 1. The summed E-state index contributed by atoms with van der Waals surface area (Å²) >= 11 is 0. The maximum Gasteiger partial charge on any atom is 0.329 e. The zero-order valence-electron chi connectivity index (χ0n) is 15.5. The van der Waals surface area contributed by atoms with E-state index in [1.807, 2.05) is 37.3 Å². The van der Waals surface area contributed by atoms with Gasteiger partial charge in [-0.2, -0.15) is 0 Å². The quantitative estimate of drug-likeness (QED) is 0.617. The predicted molar refractivity (Wildman–Crippen MR) is 96.8 cm³/mol. The summed E-state index contributed by atoms with van der Waals surface area (Å²) in [6.45, 7) is 7.21. The second-order valence-electron chi connectivity index (χ2n) is 7.18. The molecule has 6 nitrogen and oxygen atoms in total. The van der Waals surface area contributed by atoms with Crippen molar-refractivity contribution in [3.63, 3.8) is 0 Å². The Morgan fingerprint density at radius 2 is 1.84 bits per heavy atom. The van der Waals surface area contributed by atoms with Gasteiger partial charge in [-0.05, 0) is 32.8 Å². The summed E-state index contributed by atoms with van der Waals surface area (Å²) in [4.78, 5) is 24.7. The monoisotopic (exact) mass is 350 g/mol. The molecule has 0 bridgehead atoms. The highest BCUT2D eigenvalue weighted by Crippen LogP contribution is 2.12. The lowest BCUT2D eigenvalue weighted by atomic mass is 10.0. The molecule has 0 aromatic heterocycles. The molecule has 25 heavy (non-hydrogen) atoms. The molecule has 4 N–H and O–H groups in total. The molecule has 0 aliphatic carbocycles. The third kappa shape index (κ3) is 7.67. The van der Waals surface area contributed by atoms with Gasteiger partial charge in [-0.3, -0.25) is 4.79 Å². The number of esters is 1. The average molecular weight is 350 g/mol. The zero-order chi connectivity index (χ0) is 19.0. The first-order valence-electron chi connectivity index (χ1n) is 8.65. The van der Waals surface area contributed by atoms with E-state index in [-0.39, 0.29) is 6.42 Å². The fraction of sp³-hybridized carbons (Fsp3) is 0.579. The van der Waals surface area contributed by atoms with Gasteiger partial charge in [0, 0.05) is 12.5 Å². The fourth-order valence-electron chi connectivity index (χ4n) is 2.36. The van der Waals surface area contributed by atoms with Crippen LogP contribution in [0.25, 0.3) is 0 Å². The Labute approximate surface area is 149 Å². The Kier molecular flexibility index (Phi) is 8.06. The highest BCUT2D eigenvalue weighted by atomic mass is 16.6. The van der Waals surface area contributed by atoms with Crippen LogP contribution in [-0.4, -0.2) is 40.8 Å². The minimum absolute atomic E-state index is 0.275. The lowest BCUT2D eigenvalue weighted by Gasteiger charge is -2.26. The van der Waals surface area contributed by atoms with Crippen molar-refractivity contribution in [1.29, 1.82) is 0 Å². The maximum atomic E-state index is 12.5. The van der Waals surface area contributed by atoms with Gasteiger partial charge < -0.3 is 20.9 Å². The van der Waals surface area contributed by atoms with E-state index in [0.29, 0.717) is 6.42 Å². The van der Waals surface area contributed by atoms with Crippen LogP contribution in [0.15, 0.2) is 30.3 Å². The molecule has 2 unspecified atom stereocenters. The second kappa shape index (κ2) is 9.53. The van der Waals surface area contributed by atoms with Crippen molar-refractivity contribution in [1.82, 2.24) is 5.32 Å². The lowest BCUT2D eigenvalue weighted by molar-refractivity contribution is -0.159. The Hall–Kier alpha value is -1.92. The second-order valence-corrected chi connectivity index (χ2v) is 7.18. The van der Waals surface area contributed by atoms with Gasteiger partial charge in [-0.1, -0.05) is 43.7 Å². The Morgan fingerprint density at radius 1 is 1.24 bits per heavy atom. The van der Waals surface area contributed by atoms with Crippen LogP contribution < -0.4 is 11.1 Å². The number of hydrogen-bond acceptors (Lipinski definition) is 5. The zero-order valence-corrected chi connectivity index (χ0v) is 15.5. The van der Waals surface area contributed by atoms with Crippen molar-refractivity contribution in [3.8, 4) is 0 Å². The first-order chi connectivity index (χ1) is 11.6. The van der Waals surface area contributed by atoms with E-state index in [9.17, 15) is 14.7 Å². The third-order valence-corrected chi connectivity index (χ3v) is 3.59. The molecule has 0 spiro atoms. The number of hydrogen-bond donors (Lipinski definition) is 3. The van der Waals surface area contributed by atoms with Crippen LogP contribution >= 0.6 is 0 Å². The maximum absolute atomic E-state index is 12.5. The molecule has 3 atom stereocenters. The van der Waals surface area contributed by atoms with E-state index in [1.54, 1.807) is 20.8 Å². The van der Waals surface area contributed by atoms with E-state index < -0.39 is 35.7 Å². The summed E-state index contributed by atoms with van der Waals surface area (Å²) in [6, 6.07) is 7.76. The average Bonchev–Trinajstić information content (AvgIpc) is 2.53. The van der Waals surface area contributed by atoms with Crippen molar-refractivity contribution in [3.05, 3.63) is 35.9 Å². The van der Waals surface area contributed by atoms with Gasteiger partial charge in [-0.25, -0.2) is 4.79 Å². The van der Waals surface area contributed by atoms with Crippen LogP contribution in [0.4, 0.5) is 0 Å². The third-order valence-electron chi connectivity index (χ3n) is 3.59. The minimum atomic E-state index is -1.36. The summed E-state index contributed by atoms with van der Waals surface area (Å²) in [5, 5.41) is 12.6. The Bertz CT molecular complexity index is 554. The molecule has 1 aromatic rings. The smallest absolute Gasteiger partial charge is 0.329 e. The van der Waals surface area contributed by atoms with Crippen molar-refractivity contribution in [2.24, 2.45) is 5.73 Å². The van der Waals surface area contributed by atoms with E-state index >= 15 is 0 Å². The molecule has 1 rings (SSSR count). The molecule has 140 valence electrons. The molecule has 0 heterocycles. The lowest BCUT2D eigenvalue weighted by Crippen LogP contribution is -2.53. The predicted octanol–water partition coefficient (Wildman–Crippen LogP) is 1.54. The molecule has 0 radical (unpaired) electrons. The van der Waals surface area contributed by atoms with E-state index in [0.717, 1.165) is 12.0 Å². The van der Waals surface area contributed by atoms with Gasteiger partial charge in [0.25, 0.3) is 5.91 Å². The summed E-state index contributed by atoms with van der Waals surface area (Å²) in [5.41, 5.74) is 6.02. The van der Waals surface area contributed by atoms with E-state index in [1.165, 1.54) is 0 Å². The molecule has 0 saturated carbocycles. The van der Waals surface area contributed by atoms with Crippen LogP contribution in [0.2, 0.25) is 0 Å². The molecule has 0 aliphatic rings. The standard InChI is InChI=1S/C19H30N2O4/c1-5-9-14(20)16(22)17(23)21-15(18(24)25-19(2,3)4)12-13-10-7-6-8-11-13/h6-8,10-11,14-16,22H,5,9,12,20H2,1-4H3,(H,21,23)/t14?,15-,16?/m0/s1. The Morgan fingerprint density at radius 3 is 2.36 bits per heavy atom. The molecular formula is C19H30N2O4. The van der Waals surface area contributed by atoms with Crippen molar-refractivity contribution in [2.75, 3.05) is 0 Å². The fourth-order valence-corrected chi connectivity index (χ4v) is 2.36. The highest BCUT2D eigenvalue weighted by Gasteiger charge is 2.30. The number of nitrogens with two attached hydrogens (primary N) is 1. The molecule has 6 heteroatoms. The van der Waals surface area contributed by atoms with Crippen LogP contribution in [0.3, 0.4) is 0 Å². The largest absolute Gasteiger partial charge is 0.458 e. The van der Waals surface area contributed by atoms with Crippen LogP contribution in [0.5, 0.6) is 0 Å². The molecular weight excluding hydrogens is 320 g/mol. The number of benzene rings is 1. The van der Waals surface area contributed by atoms with Crippen molar-refractivity contribution < 1.29 is 19.4 Å². The first-order valence-corrected chi connectivity index (χ1v) is 8.65. The van der Waals surface area contributed by atoms with Crippen LogP contribution in [0, 0.1) is 0 Å². The van der Waals surface area contributed by atoms with Gasteiger partial charge in [0.15, 0.2) is 0 Å². The molecule has 1 amide bonds. The molecule has 0 fully saturated rings. The number of ether oxygens (including phenoxy) is 1. The highest BCUT2D eigenvalue weighted by molar-refractivity contribution is 5.87. The number of amides is 1. The number of carbonyl (C=O) groups excluding carboxylic acids is 2. The summed E-state index contributed by atoms with van der Waals surface area (Å²) in [7, 11) is 0. The van der Waals surface area contributed by atoms with Gasteiger partial charge in [0.05, 0.1) is 0 Å². The summed E-state index contributed by atoms with van der Waals surface area (Å²) in [6.07, 6.45) is 0.188. The number of carbonyl (C=O) groups is 2. The minimum Gasteiger partial charge on any atom is -0.458 e. The molecule has 1 aromatic carbocycles. The van der Waals surface area contributed by atoms with Crippen molar-refractivity contribution >= 4 is 11.9 Å². The van der Waals surface area contributed by atoms with Crippen LogP contribution in [0.1, 0.15) is 46.1 Å². The van der Waals surface area contributed by atoms with Gasteiger partial charge in [0.2, 0.25) is 0 Å². The van der Waals surface area contributed by atoms with Crippen molar-refractivity contribution in [2.45, 2.75) is 70.7 Å². The Balaban J connectivity index is 2.86. The summed E-state index contributed by atoms with van der Waals surface area (Å²) in [5.74, 6) is -1.20. The number of aliphatic hydroxyl groups excluding tert-OH is 1. The van der Waals surface area contributed by atoms with E-state index in [2.05, 4.69) is 5.32 Å². The number of nitrogens with one attached hydrogen (secondary N) is 1.